The second-order valence-corrected chi connectivity index (χ2v) is 13.5. The molecule has 0 saturated carbocycles. The molecule has 3 aromatic carbocycles. The summed E-state index contributed by atoms with van der Waals surface area (Å²) >= 11 is 0. The van der Waals surface area contributed by atoms with E-state index in [0.717, 1.165) is 81.3 Å². The van der Waals surface area contributed by atoms with Gasteiger partial charge in [0.1, 0.15) is 0 Å². The Hall–Kier alpha value is -4.24. The third-order valence-corrected chi connectivity index (χ3v) is 10.6. The number of fused-ring (bicyclic) bond motifs is 2. The Morgan fingerprint density at radius 1 is 0.851 bits per heavy atom. The number of carbonyl (C=O) groups is 2. The predicted molar refractivity (Wildman–Crippen MR) is 188 cm³/mol. The van der Waals surface area contributed by atoms with E-state index >= 15 is 4.79 Å². The van der Waals surface area contributed by atoms with Crippen molar-refractivity contribution in [2.45, 2.75) is 38.9 Å². The number of piperazine rings is 1. The molecule has 4 aromatic rings. The lowest BCUT2D eigenvalue weighted by Gasteiger charge is -2.42. The number of anilines is 1. The predicted octanol–water partition coefficient (Wildman–Crippen LogP) is 4.74. The van der Waals surface area contributed by atoms with Gasteiger partial charge in [-0.15, -0.1) is 0 Å². The van der Waals surface area contributed by atoms with Crippen molar-refractivity contribution in [3.8, 4) is 11.3 Å². The number of likely N-dealkylation sites (N-methyl/N-ethyl adjacent to an activating group) is 1. The standard InChI is InChI=1S/C39H46N6O2/c1-27-34(38(46)43(4)32-12-6-5-7-13-32)23-37(42(27)3)35-21-29-14-15-40-24-31(29)22-36(35)39(47)45-25-30-11-9-8-10-28(30)20-33(45)26-44-18-16-41(2)17-19-44/h5-13,21-23,33,40H,14-20,24-26H2,1-4H3/t33-/m0/s1. The first kappa shape index (κ1) is 31.4. The molecule has 0 unspecified atom stereocenters. The molecule has 8 heteroatoms. The fraction of sp³-hybridized carbons (Fsp3) is 0.385. The molecule has 4 heterocycles. The molecule has 244 valence electrons. The molecular formula is C39H46N6O2. The van der Waals surface area contributed by atoms with E-state index in [1.807, 2.05) is 57.4 Å². The van der Waals surface area contributed by atoms with Crippen molar-refractivity contribution < 1.29 is 9.59 Å². The minimum atomic E-state index is -0.0644. The summed E-state index contributed by atoms with van der Waals surface area (Å²) in [5.41, 5.74) is 9.89. The summed E-state index contributed by atoms with van der Waals surface area (Å²) in [4.78, 5) is 37.6. The zero-order valence-corrected chi connectivity index (χ0v) is 28.1. The average Bonchev–Trinajstić information content (AvgIpc) is 3.40. The minimum absolute atomic E-state index is 0.0644. The largest absolute Gasteiger partial charge is 0.347 e. The van der Waals surface area contributed by atoms with Gasteiger partial charge in [0.15, 0.2) is 0 Å². The second kappa shape index (κ2) is 13.1. The highest BCUT2D eigenvalue weighted by molar-refractivity contribution is 6.08. The lowest BCUT2D eigenvalue weighted by molar-refractivity contribution is 0.0536. The summed E-state index contributed by atoms with van der Waals surface area (Å²) < 4.78 is 2.08. The molecule has 0 bridgehead atoms. The number of hydrogen-bond donors (Lipinski definition) is 1. The van der Waals surface area contributed by atoms with Gasteiger partial charge in [-0.05, 0) is 85.9 Å². The molecule has 2 amide bonds. The van der Waals surface area contributed by atoms with Crippen molar-refractivity contribution in [3.05, 3.63) is 112 Å². The number of carbonyl (C=O) groups excluding carboxylic acids is 2. The molecule has 1 fully saturated rings. The molecule has 0 aliphatic carbocycles. The molecule has 3 aliphatic rings. The van der Waals surface area contributed by atoms with Gasteiger partial charge < -0.3 is 24.6 Å². The highest BCUT2D eigenvalue weighted by Crippen LogP contribution is 2.35. The van der Waals surface area contributed by atoms with Gasteiger partial charge in [0.2, 0.25) is 0 Å². The highest BCUT2D eigenvalue weighted by Gasteiger charge is 2.34. The van der Waals surface area contributed by atoms with E-state index in [1.165, 1.54) is 22.3 Å². The van der Waals surface area contributed by atoms with Gasteiger partial charge in [-0.2, -0.15) is 0 Å². The van der Waals surface area contributed by atoms with E-state index in [0.29, 0.717) is 17.7 Å². The molecule has 3 aliphatic heterocycles. The molecule has 0 radical (unpaired) electrons. The first-order valence-corrected chi connectivity index (χ1v) is 16.9. The SMILES string of the molecule is Cc1c(C(=O)N(C)c2ccccc2)cc(-c2cc3c(cc2C(=O)N2Cc4ccccc4C[C@H]2CN2CCN(C)CC2)CNCC3)n1C. The van der Waals surface area contributed by atoms with Crippen LogP contribution in [0.15, 0.2) is 72.8 Å². The zero-order valence-electron chi connectivity index (χ0n) is 28.1. The monoisotopic (exact) mass is 630 g/mol. The van der Waals surface area contributed by atoms with Gasteiger partial charge in [-0.3, -0.25) is 14.5 Å². The van der Waals surface area contributed by atoms with Crippen molar-refractivity contribution in [1.29, 1.82) is 0 Å². The summed E-state index contributed by atoms with van der Waals surface area (Å²) in [5, 5.41) is 3.50. The Kier molecular flexibility index (Phi) is 8.75. The third kappa shape index (κ3) is 6.13. The van der Waals surface area contributed by atoms with Crippen LogP contribution < -0.4 is 10.2 Å². The number of hydrogen-bond acceptors (Lipinski definition) is 5. The maximum absolute atomic E-state index is 15.0. The third-order valence-electron chi connectivity index (χ3n) is 10.6. The summed E-state index contributed by atoms with van der Waals surface area (Å²) in [6.07, 6.45) is 1.76. The smallest absolute Gasteiger partial charge is 0.259 e. The Labute approximate surface area is 278 Å². The normalized spacial score (nSPS) is 18.5. The average molecular weight is 631 g/mol. The Bertz CT molecular complexity index is 1790. The van der Waals surface area contributed by atoms with Crippen LogP contribution in [-0.2, 0) is 33.0 Å². The van der Waals surface area contributed by atoms with Crippen LogP contribution in [0.3, 0.4) is 0 Å². The number of amides is 2. The van der Waals surface area contributed by atoms with E-state index in [-0.39, 0.29) is 17.9 Å². The lowest BCUT2D eigenvalue weighted by Crippen LogP contribution is -2.53. The number of para-hydroxylation sites is 1. The van der Waals surface area contributed by atoms with Gasteiger partial charge >= 0.3 is 0 Å². The molecule has 1 atom stereocenters. The summed E-state index contributed by atoms with van der Waals surface area (Å²) in [6, 6.07) is 24.7. The van der Waals surface area contributed by atoms with Crippen molar-refractivity contribution in [2.75, 3.05) is 58.3 Å². The van der Waals surface area contributed by atoms with Crippen LogP contribution in [0.25, 0.3) is 11.3 Å². The van der Waals surface area contributed by atoms with Crippen LogP contribution >= 0.6 is 0 Å². The Balaban J connectivity index is 1.28. The molecule has 1 saturated heterocycles. The Morgan fingerprint density at radius 2 is 1.57 bits per heavy atom. The maximum atomic E-state index is 15.0. The summed E-state index contributed by atoms with van der Waals surface area (Å²) in [6.45, 7) is 9.25. The van der Waals surface area contributed by atoms with E-state index in [4.69, 9.17) is 0 Å². The van der Waals surface area contributed by atoms with Crippen LogP contribution in [0.1, 0.15) is 48.7 Å². The van der Waals surface area contributed by atoms with Crippen molar-refractivity contribution >= 4 is 17.5 Å². The molecular weight excluding hydrogens is 584 g/mol. The molecule has 0 spiro atoms. The number of nitrogens with zero attached hydrogens (tertiary/aromatic N) is 5. The minimum Gasteiger partial charge on any atom is -0.347 e. The maximum Gasteiger partial charge on any atom is 0.259 e. The van der Waals surface area contributed by atoms with E-state index < -0.39 is 0 Å². The zero-order chi connectivity index (χ0) is 32.7. The van der Waals surface area contributed by atoms with Crippen molar-refractivity contribution in [3.63, 3.8) is 0 Å². The number of benzene rings is 3. The molecule has 7 rings (SSSR count). The first-order chi connectivity index (χ1) is 22.8. The molecule has 8 nitrogen and oxygen atoms in total. The van der Waals surface area contributed by atoms with Gasteiger partial charge in [0.25, 0.3) is 11.8 Å². The van der Waals surface area contributed by atoms with Crippen LogP contribution in [0.5, 0.6) is 0 Å². The van der Waals surface area contributed by atoms with Crippen LogP contribution in [0, 0.1) is 6.92 Å². The Morgan fingerprint density at radius 3 is 2.34 bits per heavy atom. The fourth-order valence-electron chi connectivity index (χ4n) is 7.52. The summed E-state index contributed by atoms with van der Waals surface area (Å²) in [5.74, 6) is 0.000557. The van der Waals surface area contributed by atoms with Gasteiger partial charge in [0, 0.05) is 94.2 Å². The van der Waals surface area contributed by atoms with Crippen LogP contribution in [-0.4, -0.2) is 90.5 Å². The van der Waals surface area contributed by atoms with Crippen LogP contribution in [0.2, 0.25) is 0 Å². The van der Waals surface area contributed by atoms with Gasteiger partial charge in [0.05, 0.1) is 5.56 Å². The number of aromatic nitrogens is 1. The van der Waals surface area contributed by atoms with Gasteiger partial charge in [-0.25, -0.2) is 0 Å². The topological polar surface area (TPSA) is 64.1 Å². The molecule has 1 N–H and O–H groups in total. The second-order valence-electron chi connectivity index (χ2n) is 13.5. The highest BCUT2D eigenvalue weighted by atomic mass is 16.2. The van der Waals surface area contributed by atoms with Crippen LogP contribution in [0.4, 0.5) is 5.69 Å². The summed E-state index contributed by atoms with van der Waals surface area (Å²) in [7, 11) is 6.01. The van der Waals surface area contributed by atoms with E-state index in [1.54, 1.807) is 4.90 Å². The van der Waals surface area contributed by atoms with E-state index in [9.17, 15) is 4.79 Å². The van der Waals surface area contributed by atoms with Gasteiger partial charge in [-0.1, -0.05) is 42.5 Å². The molecule has 47 heavy (non-hydrogen) atoms. The van der Waals surface area contributed by atoms with E-state index in [2.05, 4.69) is 68.0 Å². The molecule has 1 aromatic heterocycles. The first-order valence-electron chi connectivity index (χ1n) is 16.9. The van der Waals surface area contributed by atoms with Crippen molar-refractivity contribution in [2.24, 2.45) is 7.05 Å². The van der Waals surface area contributed by atoms with Crippen molar-refractivity contribution in [1.82, 2.24) is 24.6 Å². The lowest BCUT2D eigenvalue weighted by atomic mass is 9.89. The number of rotatable bonds is 6. The number of nitrogens with one attached hydrogen (secondary N) is 1. The fourth-order valence-corrected chi connectivity index (χ4v) is 7.52. The quantitative estimate of drug-likeness (QED) is 0.334.